The number of isocyanates is 1. The number of carbonyl (C=O) groups excluding carboxylic acids is 2. The van der Waals surface area contributed by atoms with Gasteiger partial charge in [-0.15, -0.1) is 4.99 Å². The number of nitrogens with zero attached hydrogens (tertiary/aromatic N) is 1. The Morgan fingerprint density at radius 2 is 2.18 bits per heavy atom. The molecule has 4 heteroatoms. The van der Waals surface area contributed by atoms with E-state index in [-0.39, 0.29) is 5.54 Å². The van der Waals surface area contributed by atoms with Crippen molar-refractivity contribution in [3.63, 3.8) is 0 Å². The zero-order chi connectivity index (χ0) is 8.91. The number of nitrogens with one attached hydrogen (secondary N) is 1. The molecule has 1 N–H and O–H groups in total. The molecule has 0 spiro atoms. The molecule has 0 fully saturated rings. The molecule has 0 unspecified atom stereocenters. The number of hydrogen-bond donors (Lipinski definition) is 1. The van der Waals surface area contributed by atoms with E-state index < -0.39 is 6.03 Å². The van der Waals surface area contributed by atoms with Crippen LogP contribution in [-0.4, -0.2) is 17.6 Å². The fourth-order valence-corrected chi connectivity index (χ4v) is 0.447. The molecule has 0 aliphatic carbocycles. The lowest BCUT2D eigenvalue weighted by molar-refractivity contribution is 0.237. The van der Waals surface area contributed by atoms with Crippen LogP contribution in [0, 0.1) is 0 Å². The number of rotatable bonds is 2. The van der Waals surface area contributed by atoms with E-state index in [1.165, 1.54) is 6.08 Å². The molecule has 0 heterocycles. The molecule has 0 bridgehead atoms. The number of amides is 2. The van der Waals surface area contributed by atoms with Crippen molar-refractivity contribution in [3.8, 4) is 0 Å². The Morgan fingerprint density at radius 3 is 2.55 bits per heavy atom. The van der Waals surface area contributed by atoms with E-state index in [1.54, 1.807) is 0 Å². The normalized spacial score (nSPS) is 10.1. The molecule has 0 atom stereocenters. The van der Waals surface area contributed by atoms with Gasteiger partial charge in [0.15, 0.2) is 0 Å². The third-order valence-corrected chi connectivity index (χ3v) is 1.48. The third-order valence-electron chi connectivity index (χ3n) is 1.48. The summed E-state index contributed by atoms with van der Waals surface area (Å²) in [5.41, 5.74) is -0.308. The van der Waals surface area contributed by atoms with Crippen LogP contribution in [0.3, 0.4) is 0 Å². The van der Waals surface area contributed by atoms with Gasteiger partial charge in [0.05, 0.1) is 0 Å². The highest BCUT2D eigenvalue weighted by Gasteiger charge is 2.16. The van der Waals surface area contributed by atoms with E-state index in [0.29, 0.717) is 0 Å². The first kappa shape index (κ1) is 9.85. The molecule has 2 amide bonds. The van der Waals surface area contributed by atoms with E-state index in [0.717, 1.165) is 6.42 Å². The number of urea groups is 1. The molecule has 0 aliphatic rings. The van der Waals surface area contributed by atoms with Crippen molar-refractivity contribution in [2.24, 2.45) is 4.99 Å². The average molecular weight is 156 g/mol. The number of carbonyl (C=O) groups is 1. The highest BCUT2D eigenvalue weighted by atomic mass is 16.2. The van der Waals surface area contributed by atoms with E-state index in [4.69, 9.17) is 0 Å². The van der Waals surface area contributed by atoms with Gasteiger partial charge in [-0.3, -0.25) is 0 Å². The second-order valence-electron chi connectivity index (χ2n) is 2.87. The summed E-state index contributed by atoms with van der Waals surface area (Å²) in [6.45, 7) is 5.64. The number of aliphatic imine (C=N–C) groups is 1. The zero-order valence-electron chi connectivity index (χ0n) is 6.97. The van der Waals surface area contributed by atoms with Gasteiger partial charge in [0, 0.05) is 5.54 Å². The van der Waals surface area contributed by atoms with Crippen LogP contribution in [-0.2, 0) is 4.79 Å². The summed E-state index contributed by atoms with van der Waals surface area (Å²) in [6, 6.07) is -0.633. The molecule has 0 aromatic rings. The smallest absolute Gasteiger partial charge is 0.331 e. The van der Waals surface area contributed by atoms with Crippen LogP contribution >= 0.6 is 0 Å². The monoisotopic (exact) mass is 156 g/mol. The number of hydrogen-bond acceptors (Lipinski definition) is 2. The third kappa shape index (κ3) is 4.28. The van der Waals surface area contributed by atoms with Crippen LogP contribution in [0.4, 0.5) is 4.79 Å². The van der Waals surface area contributed by atoms with Crippen LogP contribution < -0.4 is 5.32 Å². The second kappa shape index (κ2) is 3.88. The minimum Gasteiger partial charge on any atom is -0.331 e. The van der Waals surface area contributed by atoms with Crippen molar-refractivity contribution >= 4 is 12.1 Å². The Kier molecular flexibility index (Phi) is 3.48. The van der Waals surface area contributed by atoms with Crippen molar-refractivity contribution in [3.05, 3.63) is 0 Å². The fraction of sp³-hybridized carbons (Fsp3) is 0.714. The minimum atomic E-state index is -0.633. The minimum absolute atomic E-state index is 0.308. The first-order valence-electron chi connectivity index (χ1n) is 3.42. The molecule has 0 radical (unpaired) electrons. The molecule has 0 rings (SSSR count). The van der Waals surface area contributed by atoms with Crippen molar-refractivity contribution < 1.29 is 9.59 Å². The Labute approximate surface area is 65.7 Å². The summed E-state index contributed by atoms with van der Waals surface area (Å²) in [6.07, 6.45) is 1.96. The Balaban J connectivity index is 4.03. The molecular weight excluding hydrogens is 144 g/mol. The van der Waals surface area contributed by atoms with Crippen LogP contribution in [0.1, 0.15) is 27.2 Å². The SMILES string of the molecule is CCC(C)(C)NC(=O)N=C=O. The van der Waals surface area contributed by atoms with Crippen molar-refractivity contribution in [1.29, 1.82) is 0 Å². The van der Waals surface area contributed by atoms with E-state index in [2.05, 4.69) is 10.3 Å². The quantitative estimate of drug-likeness (QED) is 0.482. The Morgan fingerprint density at radius 1 is 1.64 bits per heavy atom. The Hall–Kier alpha value is -1.15. The van der Waals surface area contributed by atoms with Gasteiger partial charge >= 0.3 is 6.03 Å². The maximum absolute atomic E-state index is 10.7. The molecular formula is C7H12N2O2. The summed E-state index contributed by atoms with van der Waals surface area (Å²) in [5, 5.41) is 2.54. The van der Waals surface area contributed by atoms with E-state index in [9.17, 15) is 9.59 Å². The van der Waals surface area contributed by atoms with Gasteiger partial charge in [-0.2, -0.15) is 0 Å². The van der Waals surface area contributed by atoms with Crippen molar-refractivity contribution in [2.45, 2.75) is 32.7 Å². The Bertz CT molecular complexity index is 193. The van der Waals surface area contributed by atoms with Crippen LogP contribution in [0.2, 0.25) is 0 Å². The summed E-state index contributed by atoms with van der Waals surface area (Å²) >= 11 is 0. The van der Waals surface area contributed by atoms with Gasteiger partial charge in [0.2, 0.25) is 6.08 Å². The molecule has 4 nitrogen and oxygen atoms in total. The lowest BCUT2D eigenvalue weighted by Gasteiger charge is -2.22. The van der Waals surface area contributed by atoms with Gasteiger partial charge in [-0.1, -0.05) is 6.92 Å². The summed E-state index contributed by atoms with van der Waals surface area (Å²) in [4.78, 5) is 23.2. The molecule has 0 aromatic heterocycles. The lowest BCUT2D eigenvalue weighted by atomic mass is 10.0. The summed E-state index contributed by atoms with van der Waals surface area (Å²) in [5.74, 6) is 0. The van der Waals surface area contributed by atoms with Crippen molar-refractivity contribution in [1.82, 2.24) is 5.32 Å². The molecule has 0 saturated heterocycles. The first-order valence-corrected chi connectivity index (χ1v) is 3.42. The predicted octanol–water partition coefficient (Wildman–Crippen LogP) is 1.22. The largest absolute Gasteiger partial charge is 0.352 e. The summed E-state index contributed by atoms with van der Waals surface area (Å²) in [7, 11) is 0. The van der Waals surface area contributed by atoms with Gasteiger partial charge in [-0.05, 0) is 20.3 Å². The van der Waals surface area contributed by atoms with Gasteiger partial charge in [0.1, 0.15) is 0 Å². The average Bonchev–Trinajstić information content (AvgIpc) is 1.87. The topological polar surface area (TPSA) is 58.5 Å². The standard InChI is InChI=1S/C7H12N2O2/c1-4-7(2,3)9-6(11)8-5-10/h4H2,1-3H3,(H,9,11). The van der Waals surface area contributed by atoms with Crippen LogP contribution in [0.15, 0.2) is 4.99 Å². The fourth-order valence-electron chi connectivity index (χ4n) is 0.447. The maximum Gasteiger partial charge on any atom is 0.352 e. The second-order valence-corrected chi connectivity index (χ2v) is 2.87. The van der Waals surface area contributed by atoms with Gasteiger partial charge in [-0.25, -0.2) is 9.59 Å². The molecule has 0 aromatic carbocycles. The molecule has 0 saturated carbocycles. The maximum atomic E-state index is 10.7. The molecule has 62 valence electrons. The van der Waals surface area contributed by atoms with Gasteiger partial charge < -0.3 is 5.32 Å². The van der Waals surface area contributed by atoms with E-state index in [1.807, 2.05) is 20.8 Å². The highest BCUT2D eigenvalue weighted by molar-refractivity contribution is 5.80. The van der Waals surface area contributed by atoms with Crippen LogP contribution in [0.25, 0.3) is 0 Å². The molecule has 11 heavy (non-hydrogen) atoms. The van der Waals surface area contributed by atoms with Crippen molar-refractivity contribution in [2.75, 3.05) is 0 Å². The first-order chi connectivity index (χ1) is 5.02. The van der Waals surface area contributed by atoms with Gasteiger partial charge in [0.25, 0.3) is 0 Å². The zero-order valence-corrected chi connectivity index (χ0v) is 6.97. The van der Waals surface area contributed by atoms with E-state index >= 15 is 0 Å². The predicted molar refractivity (Wildman–Crippen MR) is 41.0 cm³/mol. The summed E-state index contributed by atoms with van der Waals surface area (Å²) < 4.78 is 0. The lowest BCUT2D eigenvalue weighted by Crippen LogP contribution is -2.41. The molecule has 0 aliphatic heterocycles. The highest BCUT2D eigenvalue weighted by Crippen LogP contribution is 2.06. The van der Waals surface area contributed by atoms with Crippen LogP contribution in [0.5, 0.6) is 0 Å².